The highest BCUT2D eigenvalue weighted by Gasteiger charge is 2.30. The van der Waals surface area contributed by atoms with Crippen LogP contribution in [-0.4, -0.2) is 28.8 Å². The molecule has 4 heteroatoms. The van der Waals surface area contributed by atoms with Gasteiger partial charge in [0.15, 0.2) is 0 Å². The highest BCUT2D eigenvalue weighted by Crippen LogP contribution is 2.29. The summed E-state index contributed by atoms with van der Waals surface area (Å²) in [5.41, 5.74) is 0. The van der Waals surface area contributed by atoms with Crippen molar-refractivity contribution >= 4 is 33.6 Å². The van der Waals surface area contributed by atoms with Crippen molar-refractivity contribution in [3.05, 3.63) is 0 Å². The molecule has 0 radical (unpaired) electrons. The Morgan fingerprint density at radius 1 is 1.40 bits per heavy atom. The zero-order valence-corrected chi connectivity index (χ0v) is 11.3. The first-order valence-electron chi connectivity index (χ1n) is 5.75. The van der Waals surface area contributed by atoms with Crippen molar-refractivity contribution in [2.24, 2.45) is 11.8 Å². The minimum atomic E-state index is 0.284. The Labute approximate surface area is 104 Å². The van der Waals surface area contributed by atoms with Gasteiger partial charge in [-0.15, -0.1) is 0 Å². The van der Waals surface area contributed by atoms with E-state index < -0.39 is 0 Å². The van der Waals surface area contributed by atoms with Crippen LogP contribution in [0, 0.1) is 11.8 Å². The number of alkyl halides is 1. The van der Waals surface area contributed by atoms with E-state index in [4.69, 9.17) is 0 Å². The van der Waals surface area contributed by atoms with Crippen molar-refractivity contribution < 1.29 is 4.79 Å². The zero-order valence-electron chi connectivity index (χ0n) is 8.88. The zero-order chi connectivity index (χ0) is 10.7. The SMILES string of the molecule is O=C(NC1CCCC1CBr)C1CCSC1. The Kier molecular flexibility index (Phi) is 4.38. The van der Waals surface area contributed by atoms with Crippen LogP contribution in [0.5, 0.6) is 0 Å². The van der Waals surface area contributed by atoms with Gasteiger partial charge in [-0.25, -0.2) is 0 Å². The lowest BCUT2D eigenvalue weighted by atomic mass is 10.0. The monoisotopic (exact) mass is 291 g/mol. The molecule has 2 aliphatic rings. The van der Waals surface area contributed by atoms with Gasteiger partial charge in [0.2, 0.25) is 5.91 Å². The van der Waals surface area contributed by atoms with E-state index in [0.717, 1.165) is 23.3 Å². The quantitative estimate of drug-likeness (QED) is 0.809. The molecular formula is C11H18BrNOS. The number of rotatable bonds is 3. The maximum atomic E-state index is 11.9. The van der Waals surface area contributed by atoms with Crippen LogP contribution in [0.3, 0.4) is 0 Å². The number of nitrogens with one attached hydrogen (secondary N) is 1. The molecule has 1 aliphatic carbocycles. The molecular weight excluding hydrogens is 274 g/mol. The molecule has 1 saturated heterocycles. The van der Waals surface area contributed by atoms with Crippen molar-refractivity contribution in [2.75, 3.05) is 16.8 Å². The van der Waals surface area contributed by atoms with Crippen molar-refractivity contribution in [3.8, 4) is 0 Å². The number of halogens is 1. The molecule has 0 bridgehead atoms. The summed E-state index contributed by atoms with van der Waals surface area (Å²) in [6.07, 6.45) is 4.76. The van der Waals surface area contributed by atoms with Crippen LogP contribution in [0.25, 0.3) is 0 Å². The molecule has 0 aromatic heterocycles. The van der Waals surface area contributed by atoms with Gasteiger partial charge in [0.25, 0.3) is 0 Å². The van der Waals surface area contributed by atoms with Gasteiger partial charge >= 0.3 is 0 Å². The van der Waals surface area contributed by atoms with Gasteiger partial charge in [0.1, 0.15) is 0 Å². The fraction of sp³-hybridized carbons (Fsp3) is 0.909. The Morgan fingerprint density at radius 3 is 2.93 bits per heavy atom. The maximum Gasteiger partial charge on any atom is 0.224 e. The lowest BCUT2D eigenvalue weighted by Gasteiger charge is -2.20. The molecule has 1 heterocycles. The van der Waals surface area contributed by atoms with Gasteiger partial charge < -0.3 is 5.32 Å². The van der Waals surface area contributed by atoms with Crippen LogP contribution >= 0.6 is 27.7 Å². The summed E-state index contributed by atoms with van der Waals surface area (Å²) in [7, 11) is 0. The molecule has 2 fully saturated rings. The largest absolute Gasteiger partial charge is 0.353 e. The summed E-state index contributed by atoms with van der Waals surface area (Å²) < 4.78 is 0. The molecule has 0 spiro atoms. The van der Waals surface area contributed by atoms with Gasteiger partial charge in [-0.05, 0) is 30.9 Å². The van der Waals surface area contributed by atoms with Crippen LogP contribution < -0.4 is 5.32 Å². The predicted molar refractivity (Wildman–Crippen MR) is 68.5 cm³/mol. The Balaban J connectivity index is 1.82. The van der Waals surface area contributed by atoms with Gasteiger partial charge in [0, 0.05) is 23.0 Å². The van der Waals surface area contributed by atoms with Crippen LogP contribution in [0.4, 0.5) is 0 Å². The smallest absolute Gasteiger partial charge is 0.224 e. The van der Waals surface area contributed by atoms with E-state index in [1.54, 1.807) is 0 Å². The second kappa shape index (κ2) is 5.58. The summed E-state index contributed by atoms with van der Waals surface area (Å²) in [6, 6.07) is 0.433. The first-order chi connectivity index (χ1) is 7.31. The average molecular weight is 292 g/mol. The Hall–Kier alpha value is 0.300. The standard InChI is InChI=1S/C11H18BrNOS/c12-6-8-2-1-3-10(8)13-11(14)9-4-5-15-7-9/h8-10H,1-7H2,(H,13,14). The van der Waals surface area contributed by atoms with E-state index in [2.05, 4.69) is 21.2 Å². The fourth-order valence-corrected chi connectivity index (χ4v) is 4.45. The minimum Gasteiger partial charge on any atom is -0.353 e. The molecule has 2 rings (SSSR count). The molecule has 1 aliphatic heterocycles. The summed E-state index contributed by atoms with van der Waals surface area (Å²) in [5.74, 6) is 3.43. The van der Waals surface area contributed by atoms with Crippen LogP contribution in [-0.2, 0) is 4.79 Å². The summed E-state index contributed by atoms with van der Waals surface area (Å²) in [5, 5.41) is 4.26. The molecule has 15 heavy (non-hydrogen) atoms. The average Bonchev–Trinajstić information content (AvgIpc) is 2.87. The topological polar surface area (TPSA) is 29.1 Å². The lowest BCUT2D eigenvalue weighted by molar-refractivity contribution is -0.125. The van der Waals surface area contributed by atoms with E-state index in [0.29, 0.717) is 17.9 Å². The number of carbonyl (C=O) groups excluding carboxylic acids is 1. The highest BCUT2D eigenvalue weighted by molar-refractivity contribution is 9.09. The van der Waals surface area contributed by atoms with Crippen molar-refractivity contribution in [3.63, 3.8) is 0 Å². The minimum absolute atomic E-state index is 0.284. The van der Waals surface area contributed by atoms with Gasteiger partial charge in [-0.3, -0.25) is 4.79 Å². The normalized spacial score (nSPS) is 35.7. The Morgan fingerprint density at radius 2 is 2.27 bits per heavy atom. The highest BCUT2D eigenvalue weighted by atomic mass is 79.9. The second-order valence-electron chi connectivity index (χ2n) is 4.52. The summed E-state index contributed by atoms with van der Waals surface area (Å²) in [6.45, 7) is 0. The molecule has 86 valence electrons. The first-order valence-corrected chi connectivity index (χ1v) is 8.03. The summed E-state index contributed by atoms with van der Waals surface area (Å²) in [4.78, 5) is 11.9. The number of amides is 1. The Bertz CT molecular complexity index is 231. The van der Waals surface area contributed by atoms with E-state index >= 15 is 0 Å². The third kappa shape index (κ3) is 2.90. The summed E-state index contributed by atoms with van der Waals surface area (Å²) >= 11 is 5.44. The van der Waals surface area contributed by atoms with Crippen LogP contribution in [0.2, 0.25) is 0 Å². The second-order valence-corrected chi connectivity index (χ2v) is 6.32. The van der Waals surface area contributed by atoms with Crippen molar-refractivity contribution in [2.45, 2.75) is 31.7 Å². The maximum absolute atomic E-state index is 11.9. The molecule has 3 unspecified atom stereocenters. The van der Waals surface area contributed by atoms with E-state index in [-0.39, 0.29) is 5.92 Å². The lowest BCUT2D eigenvalue weighted by Crippen LogP contribution is -2.41. The molecule has 0 aromatic rings. The number of carbonyl (C=O) groups is 1. The third-order valence-electron chi connectivity index (χ3n) is 3.49. The van der Waals surface area contributed by atoms with Crippen molar-refractivity contribution in [1.82, 2.24) is 5.32 Å². The molecule has 3 atom stereocenters. The third-order valence-corrected chi connectivity index (χ3v) is 5.48. The fourth-order valence-electron chi connectivity index (χ4n) is 2.45. The van der Waals surface area contributed by atoms with Crippen LogP contribution in [0.15, 0.2) is 0 Å². The molecule has 2 nitrogen and oxygen atoms in total. The number of hydrogen-bond donors (Lipinski definition) is 1. The van der Waals surface area contributed by atoms with Gasteiger partial charge in [-0.1, -0.05) is 22.4 Å². The molecule has 1 saturated carbocycles. The molecule has 1 N–H and O–H groups in total. The van der Waals surface area contributed by atoms with Crippen LogP contribution in [0.1, 0.15) is 25.7 Å². The van der Waals surface area contributed by atoms with Gasteiger partial charge in [0.05, 0.1) is 0 Å². The van der Waals surface area contributed by atoms with E-state index in [9.17, 15) is 4.79 Å². The van der Waals surface area contributed by atoms with E-state index in [1.807, 2.05) is 11.8 Å². The predicted octanol–water partition coefficient (Wildman–Crippen LogP) is 2.42. The number of hydrogen-bond acceptors (Lipinski definition) is 2. The van der Waals surface area contributed by atoms with Crippen molar-refractivity contribution in [1.29, 1.82) is 0 Å². The number of thioether (sulfide) groups is 1. The van der Waals surface area contributed by atoms with Gasteiger partial charge in [-0.2, -0.15) is 11.8 Å². The van der Waals surface area contributed by atoms with E-state index in [1.165, 1.54) is 19.3 Å². The molecule has 1 amide bonds. The molecule has 0 aromatic carbocycles. The first kappa shape index (κ1) is 11.8.